The van der Waals surface area contributed by atoms with Crippen molar-refractivity contribution in [2.24, 2.45) is 0 Å². The predicted molar refractivity (Wildman–Crippen MR) is 101 cm³/mol. The molecule has 4 aromatic rings. The van der Waals surface area contributed by atoms with Gasteiger partial charge in [-0.15, -0.1) is 0 Å². The molecule has 0 radical (unpaired) electrons. The highest BCUT2D eigenvalue weighted by atomic mass is 16.5. The zero-order valence-corrected chi connectivity index (χ0v) is 14.0. The molecule has 7 nitrogen and oxygen atoms in total. The molecule has 132 valence electrons. The Bertz CT molecular complexity index is 1160. The molecule has 4 rings (SSSR count). The number of amides is 1. The van der Waals surface area contributed by atoms with Gasteiger partial charge in [-0.05, 0) is 30.3 Å². The Hall–Kier alpha value is -4.00. The predicted octanol–water partition coefficient (Wildman–Crippen LogP) is 3.36. The second-order valence-corrected chi connectivity index (χ2v) is 5.71. The molecule has 27 heavy (non-hydrogen) atoms. The Morgan fingerprint density at radius 1 is 1.04 bits per heavy atom. The van der Waals surface area contributed by atoms with Crippen molar-refractivity contribution in [3.8, 4) is 11.6 Å². The molecule has 0 aliphatic carbocycles. The Morgan fingerprint density at radius 3 is 2.70 bits per heavy atom. The summed E-state index contributed by atoms with van der Waals surface area (Å²) in [4.78, 5) is 36.0. The molecule has 3 aromatic heterocycles. The monoisotopic (exact) mass is 358 g/mol. The van der Waals surface area contributed by atoms with Gasteiger partial charge in [0.2, 0.25) is 11.3 Å². The van der Waals surface area contributed by atoms with E-state index in [1.807, 2.05) is 6.07 Å². The maximum absolute atomic E-state index is 12.5. The normalized spacial score (nSPS) is 10.5. The number of hydrogen-bond acceptors (Lipinski definition) is 5. The van der Waals surface area contributed by atoms with Crippen LogP contribution in [0, 0.1) is 0 Å². The number of ether oxygens (including phenoxy) is 1. The number of carbonyl (C=O) groups excluding carboxylic acids is 1. The van der Waals surface area contributed by atoms with Crippen LogP contribution in [0.4, 0.5) is 5.69 Å². The molecule has 0 saturated heterocycles. The third-order valence-electron chi connectivity index (χ3n) is 3.88. The van der Waals surface area contributed by atoms with Crippen molar-refractivity contribution >= 4 is 22.5 Å². The highest BCUT2D eigenvalue weighted by molar-refractivity contribution is 6.05. The van der Waals surface area contributed by atoms with E-state index in [2.05, 4.69) is 20.3 Å². The van der Waals surface area contributed by atoms with Crippen LogP contribution in [0.25, 0.3) is 10.9 Å². The second-order valence-electron chi connectivity index (χ2n) is 5.71. The lowest BCUT2D eigenvalue weighted by atomic mass is 10.1. The maximum atomic E-state index is 12.5. The van der Waals surface area contributed by atoms with Crippen LogP contribution in [0.2, 0.25) is 0 Å². The molecule has 3 heterocycles. The maximum Gasteiger partial charge on any atom is 0.261 e. The van der Waals surface area contributed by atoms with Gasteiger partial charge >= 0.3 is 0 Å². The first-order valence-corrected chi connectivity index (χ1v) is 8.16. The molecule has 0 aliphatic rings. The summed E-state index contributed by atoms with van der Waals surface area (Å²) in [5.41, 5.74) is 0.833. The lowest BCUT2D eigenvalue weighted by molar-refractivity contribution is 0.102. The average Bonchev–Trinajstić information content (AvgIpc) is 2.71. The van der Waals surface area contributed by atoms with Crippen molar-refractivity contribution in [3.05, 3.63) is 89.1 Å². The van der Waals surface area contributed by atoms with E-state index >= 15 is 0 Å². The van der Waals surface area contributed by atoms with E-state index in [0.717, 1.165) is 0 Å². The number of benzene rings is 1. The number of rotatable bonds is 4. The second kappa shape index (κ2) is 7.09. The molecule has 0 fully saturated rings. The van der Waals surface area contributed by atoms with Crippen LogP contribution < -0.4 is 15.5 Å². The Morgan fingerprint density at radius 2 is 1.93 bits per heavy atom. The van der Waals surface area contributed by atoms with Crippen molar-refractivity contribution in [1.29, 1.82) is 0 Å². The van der Waals surface area contributed by atoms with E-state index < -0.39 is 5.91 Å². The summed E-state index contributed by atoms with van der Waals surface area (Å²) in [5.74, 6) is 0.416. The van der Waals surface area contributed by atoms with Gasteiger partial charge in [-0.3, -0.25) is 14.6 Å². The van der Waals surface area contributed by atoms with Gasteiger partial charge in [0.05, 0.1) is 18.1 Å². The van der Waals surface area contributed by atoms with Crippen LogP contribution in [0.15, 0.2) is 78.1 Å². The quantitative estimate of drug-likeness (QED) is 0.583. The van der Waals surface area contributed by atoms with E-state index in [1.165, 1.54) is 12.4 Å². The molecule has 2 N–H and O–H groups in total. The van der Waals surface area contributed by atoms with Gasteiger partial charge in [-0.2, -0.15) is 0 Å². The van der Waals surface area contributed by atoms with Crippen LogP contribution in [0.3, 0.4) is 0 Å². The first-order valence-electron chi connectivity index (χ1n) is 8.16. The van der Waals surface area contributed by atoms with Crippen molar-refractivity contribution in [2.75, 3.05) is 5.32 Å². The van der Waals surface area contributed by atoms with Crippen molar-refractivity contribution < 1.29 is 9.53 Å². The summed E-state index contributed by atoms with van der Waals surface area (Å²) in [6.07, 6.45) is 6.09. The third-order valence-corrected chi connectivity index (χ3v) is 3.88. The number of hydrogen-bond donors (Lipinski definition) is 2. The fourth-order valence-electron chi connectivity index (χ4n) is 2.58. The van der Waals surface area contributed by atoms with Crippen LogP contribution in [-0.4, -0.2) is 20.9 Å². The Balaban J connectivity index is 1.51. The number of pyridine rings is 3. The molecule has 0 saturated carbocycles. The van der Waals surface area contributed by atoms with Crippen molar-refractivity contribution in [1.82, 2.24) is 15.0 Å². The summed E-state index contributed by atoms with van der Waals surface area (Å²) >= 11 is 0. The SMILES string of the molecule is O=C(Nc1ccc(Oc2cccnc2)nc1)c1c[nH]c2ccccc2c1=O. The number of carbonyl (C=O) groups is 1. The number of H-pyrrole nitrogens is 1. The average molecular weight is 358 g/mol. The summed E-state index contributed by atoms with van der Waals surface area (Å²) in [6.45, 7) is 0. The summed E-state index contributed by atoms with van der Waals surface area (Å²) in [7, 11) is 0. The van der Waals surface area contributed by atoms with Gasteiger partial charge in [-0.1, -0.05) is 12.1 Å². The Kier molecular flexibility index (Phi) is 4.32. The van der Waals surface area contributed by atoms with E-state index in [4.69, 9.17) is 4.74 Å². The number of nitrogens with one attached hydrogen (secondary N) is 2. The standard InChI is InChI=1S/C20H14N4O3/c25-19-15-5-1-2-6-17(15)22-12-16(19)20(26)24-13-7-8-18(23-10-13)27-14-4-3-9-21-11-14/h1-12H,(H,22,25)(H,24,26). The first-order chi connectivity index (χ1) is 13.2. The fourth-order valence-corrected chi connectivity index (χ4v) is 2.58. The number of para-hydroxylation sites is 1. The topological polar surface area (TPSA) is 97.0 Å². The zero-order chi connectivity index (χ0) is 18.6. The number of aromatic amines is 1. The van der Waals surface area contributed by atoms with Crippen LogP contribution in [0.1, 0.15) is 10.4 Å². The molecular formula is C20H14N4O3. The molecule has 1 amide bonds. The number of aromatic nitrogens is 3. The molecule has 7 heteroatoms. The molecule has 0 unspecified atom stereocenters. The largest absolute Gasteiger partial charge is 0.437 e. The minimum Gasteiger partial charge on any atom is -0.437 e. The smallest absolute Gasteiger partial charge is 0.261 e. The molecule has 0 bridgehead atoms. The molecule has 0 atom stereocenters. The highest BCUT2D eigenvalue weighted by Gasteiger charge is 2.13. The number of anilines is 1. The minimum absolute atomic E-state index is 0.0318. The zero-order valence-electron chi connectivity index (χ0n) is 14.0. The fraction of sp³-hybridized carbons (Fsp3) is 0. The van der Waals surface area contributed by atoms with Crippen LogP contribution in [-0.2, 0) is 0 Å². The summed E-state index contributed by atoms with van der Waals surface area (Å²) < 4.78 is 5.55. The molecule has 0 spiro atoms. The first kappa shape index (κ1) is 16.5. The van der Waals surface area contributed by atoms with Gasteiger partial charge in [0.1, 0.15) is 11.3 Å². The Labute approximate surface area is 153 Å². The molecular weight excluding hydrogens is 344 g/mol. The van der Waals surface area contributed by atoms with Gasteiger partial charge in [0, 0.05) is 29.4 Å². The van der Waals surface area contributed by atoms with Gasteiger partial charge < -0.3 is 15.0 Å². The van der Waals surface area contributed by atoms with Crippen molar-refractivity contribution in [2.45, 2.75) is 0 Å². The van der Waals surface area contributed by atoms with E-state index in [0.29, 0.717) is 28.2 Å². The molecule has 0 aliphatic heterocycles. The van der Waals surface area contributed by atoms with Crippen LogP contribution in [0.5, 0.6) is 11.6 Å². The number of nitrogens with zero attached hydrogens (tertiary/aromatic N) is 2. The molecule has 1 aromatic carbocycles. The highest BCUT2D eigenvalue weighted by Crippen LogP contribution is 2.19. The summed E-state index contributed by atoms with van der Waals surface area (Å²) in [5, 5.41) is 3.13. The summed E-state index contributed by atoms with van der Waals surface area (Å²) in [6, 6.07) is 13.8. The lowest BCUT2D eigenvalue weighted by Crippen LogP contribution is -2.21. The minimum atomic E-state index is -0.510. The van der Waals surface area contributed by atoms with Crippen molar-refractivity contribution in [3.63, 3.8) is 0 Å². The van der Waals surface area contributed by atoms with Crippen LogP contribution >= 0.6 is 0 Å². The van der Waals surface area contributed by atoms with Gasteiger partial charge in [0.25, 0.3) is 5.91 Å². The number of fused-ring (bicyclic) bond motifs is 1. The van der Waals surface area contributed by atoms with E-state index in [-0.39, 0.29) is 11.0 Å². The van der Waals surface area contributed by atoms with Gasteiger partial charge in [-0.25, -0.2) is 4.98 Å². The third kappa shape index (κ3) is 3.52. The van der Waals surface area contributed by atoms with E-state index in [1.54, 1.807) is 54.9 Å². The lowest BCUT2D eigenvalue weighted by Gasteiger charge is -2.07. The van der Waals surface area contributed by atoms with E-state index in [9.17, 15) is 9.59 Å². The van der Waals surface area contributed by atoms with Gasteiger partial charge in [0.15, 0.2) is 0 Å².